The van der Waals surface area contributed by atoms with Gasteiger partial charge in [-0.05, 0) is 105 Å². The first-order chi connectivity index (χ1) is 33.7. The Labute approximate surface area is 391 Å². The Morgan fingerprint density at radius 3 is 1.54 bits per heavy atom. The molecule has 14 aromatic rings. The molecule has 0 unspecified atom stereocenters. The Hall–Kier alpha value is -9.12. The van der Waals surface area contributed by atoms with Crippen LogP contribution in [-0.2, 0) is 0 Å². The molecular weight excluding hydrogens is 829 g/mol. The highest BCUT2D eigenvalue weighted by Crippen LogP contribution is 2.44. The van der Waals surface area contributed by atoms with Crippen molar-refractivity contribution in [3.8, 4) is 44.5 Å². The van der Waals surface area contributed by atoms with E-state index < -0.39 is 0 Å². The molecule has 14 rings (SSSR count). The summed E-state index contributed by atoms with van der Waals surface area (Å²) in [5.74, 6) is 0. The summed E-state index contributed by atoms with van der Waals surface area (Å²) in [6.45, 7) is 0. The quantitative estimate of drug-likeness (QED) is 0.160. The number of pyridine rings is 1. The Kier molecular flexibility index (Phi) is 8.55. The summed E-state index contributed by atoms with van der Waals surface area (Å²) in [7, 11) is 0. The highest BCUT2D eigenvalue weighted by atomic mass is 16.3. The maximum absolute atomic E-state index is 6.43. The van der Waals surface area contributed by atoms with Gasteiger partial charge < -0.3 is 18.1 Å². The number of hydrogen-bond acceptors (Lipinski definition) is 3. The number of rotatable bonds is 7. The molecule has 0 saturated heterocycles. The number of benzene rings is 10. The Balaban J connectivity index is 0.852. The first kappa shape index (κ1) is 38.2. The molecule has 4 heterocycles. The molecule has 0 N–H and O–H groups in total. The average molecular weight is 869 g/mol. The normalized spacial score (nSPS) is 11.8. The molecule has 0 amide bonds. The summed E-state index contributed by atoms with van der Waals surface area (Å²) in [4.78, 5) is 2.30. The van der Waals surface area contributed by atoms with Crippen molar-refractivity contribution >= 4 is 88.3 Å². The van der Waals surface area contributed by atoms with Crippen LogP contribution in [0.15, 0.2) is 251 Å². The summed E-state index contributed by atoms with van der Waals surface area (Å²) >= 11 is 0. The standard InChI is InChI=1S/C64H40N2O2/c1-2-14-44(15-3-1)63-56-23-12-22-51(64(56)66-57-24-7-4-13-43(57)31-36-58(63)66)42-29-27-41(28-30-42)45-16-10-17-46(37-45)47-18-11-19-48(38-47)65(49-32-34-54-52-20-5-8-25-59(52)67-61(54)39-49)50-33-35-55-53-21-6-9-26-60(53)68-62(55)40-50/h1-40H. The van der Waals surface area contributed by atoms with Crippen molar-refractivity contribution in [1.29, 1.82) is 0 Å². The topological polar surface area (TPSA) is 33.9 Å². The molecule has 0 aliphatic rings. The summed E-state index contributed by atoms with van der Waals surface area (Å²) < 4.78 is 15.3. The molecule has 0 spiro atoms. The maximum Gasteiger partial charge on any atom is 0.137 e. The zero-order chi connectivity index (χ0) is 44.7. The molecule has 4 nitrogen and oxygen atoms in total. The smallest absolute Gasteiger partial charge is 0.137 e. The molecule has 0 aliphatic heterocycles. The monoisotopic (exact) mass is 868 g/mol. The van der Waals surface area contributed by atoms with Gasteiger partial charge in [-0.25, -0.2) is 0 Å². The van der Waals surface area contributed by atoms with Crippen LogP contribution in [0.25, 0.3) is 116 Å². The van der Waals surface area contributed by atoms with Crippen LogP contribution in [0.1, 0.15) is 0 Å². The van der Waals surface area contributed by atoms with Gasteiger partial charge in [0.25, 0.3) is 0 Å². The van der Waals surface area contributed by atoms with Crippen LogP contribution in [0.5, 0.6) is 0 Å². The van der Waals surface area contributed by atoms with E-state index in [0.717, 1.165) is 83.2 Å². The van der Waals surface area contributed by atoms with E-state index in [0.29, 0.717) is 0 Å². The highest BCUT2D eigenvalue weighted by Gasteiger charge is 2.21. The fourth-order valence-electron chi connectivity index (χ4n) is 10.6. The lowest BCUT2D eigenvalue weighted by Gasteiger charge is -2.26. The van der Waals surface area contributed by atoms with Crippen LogP contribution in [0, 0.1) is 0 Å². The molecule has 0 saturated carbocycles. The third-order valence-electron chi connectivity index (χ3n) is 13.8. The minimum Gasteiger partial charge on any atom is -0.456 e. The third-order valence-corrected chi connectivity index (χ3v) is 13.8. The van der Waals surface area contributed by atoms with Crippen LogP contribution >= 0.6 is 0 Å². The van der Waals surface area contributed by atoms with Gasteiger partial charge >= 0.3 is 0 Å². The maximum atomic E-state index is 6.43. The van der Waals surface area contributed by atoms with Crippen LogP contribution in [0.3, 0.4) is 0 Å². The number of hydrogen-bond donors (Lipinski definition) is 0. The first-order valence-corrected chi connectivity index (χ1v) is 23.1. The fourth-order valence-corrected chi connectivity index (χ4v) is 10.6. The molecule has 4 heteroatoms. The van der Waals surface area contributed by atoms with Gasteiger partial charge in [0.05, 0.1) is 16.6 Å². The van der Waals surface area contributed by atoms with E-state index in [2.05, 4.69) is 228 Å². The Morgan fingerprint density at radius 2 is 0.824 bits per heavy atom. The van der Waals surface area contributed by atoms with Gasteiger partial charge in [-0.2, -0.15) is 0 Å². The Bertz CT molecular complexity index is 4160. The number of nitrogens with zero attached hydrogens (tertiary/aromatic N) is 2. The largest absolute Gasteiger partial charge is 0.456 e. The van der Waals surface area contributed by atoms with Crippen molar-refractivity contribution < 1.29 is 8.83 Å². The zero-order valence-electron chi connectivity index (χ0n) is 36.8. The molecule has 68 heavy (non-hydrogen) atoms. The summed E-state index contributed by atoms with van der Waals surface area (Å²) in [5, 5.41) is 6.87. The second-order valence-corrected chi connectivity index (χ2v) is 17.7. The minimum atomic E-state index is 0.845. The van der Waals surface area contributed by atoms with Crippen molar-refractivity contribution in [1.82, 2.24) is 4.40 Å². The molecular formula is C64H40N2O2. The molecule has 0 aliphatic carbocycles. The van der Waals surface area contributed by atoms with Gasteiger partial charge in [-0.1, -0.05) is 164 Å². The van der Waals surface area contributed by atoms with E-state index >= 15 is 0 Å². The van der Waals surface area contributed by atoms with Crippen molar-refractivity contribution in [2.75, 3.05) is 4.90 Å². The minimum absolute atomic E-state index is 0.845. The predicted octanol–water partition coefficient (Wildman–Crippen LogP) is 18.2. The average Bonchev–Trinajstić information content (AvgIpc) is 4.08. The van der Waals surface area contributed by atoms with Crippen molar-refractivity contribution in [3.05, 3.63) is 243 Å². The highest BCUT2D eigenvalue weighted by molar-refractivity contribution is 6.13. The number of para-hydroxylation sites is 4. The van der Waals surface area contributed by atoms with E-state index in [1.165, 1.54) is 49.6 Å². The lowest BCUT2D eigenvalue weighted by atomic mass is 9.95. The second-order valence-electron chi connectivity index (χ2n) is 17.7. The lowest BCUT2D eigenvalue weighted by molar-refractivity contribution is 0.669. The number of furan rings is 2. The third kappa shape index (κ3) is 6.08. The van der Waals surface area contributed by atoms with Gasteiger partial charge in [-0.3, -0.25) is 0 Å². The van der Waals surface area contributed by atoms with Gasteiger partial charge in [-0.15, -0.1) is 0 Å². The fraction of sp³-hybridized carbons (Fsp3) is 0. The predicted molar refractivity (Wildman–Crippen MR) is 283 cm³/mol. The van der Waals surface area contributed by atoms with Crippen LogP contribution in [0.2, 0.25) is 0 Å². The second kappa shape index (κ2) is 15.2. The molecule has 0 atom stereocenters. The number of fused-ring (bicyclic) bond motifs is 11. The molecule has 0 bridgehead atoms. The SMILES string of the molecule is c1ccc(-c2c3cccc(-c4ccc(-c5cccc(-c6cccc(N(c7ccc8c(c7)oc7ccccc78)c7ccc8c(c7)oc7ccccc78)c6)c5)cc4)c3n3c2ccc2ccccc23)cc1. The van der Waals surface area contributed by atoms with Crippen molar-refractivity contribution in [2.45, 2.75) is 0 Å². The van der Waals surface area contributed by atoms with Crippen LogP contribution in [0.4, 0.5) is 17.1 Å². The van der Waals surface area contributed by atoms with E-state index in [9.17, 15) is 0 Å². The zero-order valence-corrected chi connectivity index (χ0v) is 36.8. The molecule has 0 fully saturated rings. The summed E-state index contributed by atoms with van der Waals surface area (Å²) in [6.07, 6.45) is 0. The molecule has 10 aromatic carbocycles. The number of aromatic nitrogens is 1. The van der Waals surface area contributed by atoms with Gasteiger partial charge in [0.1, 0.15) is 22.3 Å². The Morgan fingerprint density at radius 1 is 0.294 bits per heavy atom. The van der Waals surface area contributed by atoms with E-state index in [-0.39, 0.29) is 0 Å². The van der Waals surface area contributed by atoms with Gasteiger partial charge in [0.15, 0.2) is 0 Å². The van der Waals surface area contributed by atoms with Crippen LogP contribution < -0.4 is 4.90 Å². The molecule has 4 aromatic heterocycles. The van der Waals surface area contributed by atoms with E-state index in [4.69, 9.17) is 8.83 Å². The van der Waals surface area contributed by atoms with Crippen LogP contribution in [-0.4, -0.2) is 4.40 Å². The molecule has 0 radical (unpaired) electrons. The van der Waals surface area contributed by atoms with Crippen molar-refractivity contribution in [3.63, 3.8) is 0 Å². The van der Waals surface area contributed by atoms with Gasteiger partial charge in [0.2, 0.25) is 0 Å². The van der Waals surface area contributed by atoms with Gasteiger partial charge in [0, 0.05) is 67.3 Å². The molecule has 318 valence electrons. The number of anilines is 3. The summed E-state index contributed by atoms with van der Waals surface area (Å²) in [6, 6.07) is 87.0. The summed E-state index contributed by atoms with van der Waals surface area (Å²) in [5.41, 5.74) is 19.5. The van der Waals surface area contributed by atoms with Crippen molar-refractivity contribution in [2.24, 2.45) is 0 Å². The first-order valence-electron chi connectivity index (χ1n) is 23.1. The lowest BCUT2D eigenvalue weighted by Crippen LogP contribution is -2.09. The van der Waals surface area contributed by atoms with E-state index in [1.807, 2.05) is 24.3 Å². The van der Waals surface area contributed by atoms with E-state index in [1.54, 1.807) is 0 Å².